The van der Waals surface area contributed by atoms with Crippen molar-refractivity contribution in [2.75, 3.05) is 18.0 Å². The first kappa shape index (κ1) is 14.3. The first-order valence-electron chi connectivity index (χ1n) is 8.04. The van der Waals surface area contributed by atoms with Crippen LogP contribution in [0.15, 0.2) is 36.5 Å². The summed E-state index contributed by atoms with van der Waals surface area (Å²) in [6.45, 7) is 9.03. The Morgan fingerprint density at radius 1 is 1.33 bits per heavy atom. The van der Waals surface area contributed by atoms with Crippen LogP contribution in [0.3, 0.4) is 0 Å². The van der Waals surface area contributed by atoms with E-state index in [1.807, 2.05) is 12.3 Å². The molecule has 1 aliphatic heterocycles. The third-order valence-corrected chi connectivity index (χ3v) is 4.64. The van der Waals surface area contributed by atoms with E-state index in [1.54, 1.807) is 0 Å². The number of nitrogens with one attached hydrogen (secondary N) is 1. The lowest BCUT2D eigenvalue weighted by Crippen LogP contribution is -2.58. The Hall–Kier alpha value is -1.61. The van der Waals surface area contributed by atoms with Gasteiger partial charge in [0.05, 0.1) is 5.52 Å². The fourth-order valence-electron chi connectivity index (χ4n) is 3.19. The number of rotatable bonds is 3. The van der Waals surface area contributed by atoms with Crippen LogP contribution in [-0.4, -0.2) is 30.2 Å². The number of anilines is 1. The van der Waals surface area contributed by atoms with Crippen molar-refractivity contribution < 1.29 is 0 Å². The minimum atomic E-state index is 0.567. The average Bonchev–Trinajstić information content (AvgIpc) is 2.53. The molecule has 2 atom stereocenters. The van der Waals surface area contributed by atoms with Crippen LogP contribution in [0.5, 0.6) is 0 Å². The first-order chi connectivity index (χ1) is 10.2. The molecule has 1 aliphatic rings. The highest BCUT2D eigenvalue weighted by atomic mass is 15.2. The molecule has 0 saturated carbocycles. The molecular formula is C18H25N3. The van der Waals surface area contributed by atoms with E-state index in [-0.39, 0.29) is 0 Å². The lowest BCUT2D eigenvalue weighted by molar-refractivity contribution is 0.325. The van der Waals surface area contributed by atoms with E-state index < -0.39 is 0 Å². The van der Waals surface area contributed by atoms with Crippen molar-refractivity contribution in [3.63, 3.8) is 0 Å². The van der Waals surface area contributed by atoms with E-state index in [0.29, 0.717) is 18.0 Å². The van der Waals surface area contributed by atoms with E-state index in [2.05, 4.69) is 60.2 Å². The number of nitrogens with zero attached hydrogens (tertiary/aromatic N) is 2. The summed E-state index contributed by atoms with van der Waals surface area (Å²) < 4.78 is 0. The Kier molecular flexibility index (Phi) is 4.11. The predicted molar refractivity (Wildman–Crippen MR) is 89.8 cm³/mol. The Bertz CT molecular complexity index is 608. The number of piperazine rings is 1. The van der Waals surface area contributed by atoms with Crippen molar-refractivity contribution >= 4 is 16.6 Å². The highest BCUT2D eigenvalue weighted by Gasteiger charge is 2.28. The molecule has 2 unspecified atom stereocenters. The molecule has 3 heteroatoms. The molecule has 1 saturated heterocycles. The summed E-state index contributed by atoms with van der Waals surface area (Å²) >= 11 is 0. The van der Waals surface area contributed by atoms with E-state index in [1.165, 1.54) is 17.5 Å². The van der Waals surface area contributed by atoms with E-state index in [4.69, 9.17) is 0 Å². The SMILES string of the molecule is CCC1CNC(C(C)C)CN1c1ccc2ncccc2c1. The highest BCUT2D eigenvalue weighted by molar-refractivity contribution is 5.82. The largest absolute Gasteiger partial charge is 0.366 e. The number of hydrogen-bond donors (Lipinski definition) is 1. The second-order valence-electron chi connectivity index (χ2n) is 6.35. The molecule has 1 N–H and O–H groups in total. The monoisotopic (exact) mass is 283 g/mol. The van der Waals surface area contributed by atoms with Gasteiger partial charge in [-0.2, -0.15) is 0 Å². The first-order valence-corrected chi connectivity index (χ1v) is 8.04. The normalized spacial score (nSPS) is 23.0. The van der Waals surface area contributed by atoms with Gasteiger partial charge in [-0.25, -0.2) is 0 Å². The van der Waals surface area contributed by atoms with Crippen LogP contribution in [0.4, 0.5) is 5.69 Å². The molecule has 3 nitrogen and oxygen atoms in total. The molecule has 2 aromatic rings. The fraction of sp³-hybridized carbons (Fsp3) is 0.500. The fourth-order valence-corrected chi connectivity index (χ4v) is 3.19. The number of pyridine rings is 1. The smallest absolute Gasteiger partial charge is 0.0703 e. The van der Waals surface area contributed by atoms with Crippen LogP contribution in [-0.2, 0) is 0 Å². The van der Waals surface area contributed by atoms with Gasteiger partial charge in [-0.3, -0.25) is 4.98 Å². The van der Waals surface area contributed by atoms with Crippen molar-refractivity contribution in [3.05, 3.63) is 36.5 Å². The molecule has 1 aromatic heterocycles. The third-order valence-electron chi connectivity index (χ3n) is 4.64. The van der Waals surface area contributed by atoms with E-state index in [0.717, 1.165) is 18.6 Å². The summed E-state index contributed by atoms with van der Waals surface area (Å²) in [5, 5.41) is 4.93. The van der Waals surface area contributed by atoms with Crippen molar-refractivity contribution in [2.24, 2.45) is 5.92 Å². The Balaban J connectivity index is 1.93. The quantitative estimate of drug-likeness (QED) is 0.935. The summed E-state index contributed by atoms with van der Waals surface area (Å²) in [4.78, 5) is 7.00. The standard InChI is InChI=1S/C18H25N3/c1-4-15-11-20-18(13(2)3)12-21(15)16-7-8-17-14(10-16)6-5-9-19-17/h5-10,13,15,18,20H,4,11-12H2,1-3H3. The second kappa shape index (κ2) is 6.02. The molecule has 0 spiro atoms. The predicted octanol–water partition coefficient (Wildman–Crippen LogP) is 3.45. The lowest BCUT2D eigenvalue weighted by Gasteiger charge is -2.43. The van der Waals surface area contributed by atoms with Gasteiger partial charge in [0.25, 0.3) is 0 Å². The molecule has 2 heterocycles. The minimum Gasteiger partial charge on any atom is -0.366 e. The maximum Gasteiger partial charge on any atom is 0.0703 e. The molecule has 0 aliphatic carbocycles. The van der Waals surface area contributed by atoms with Crippen molar-refractivity contribution in [2.45, 2.75) is 39.3 Å². The molecule has 1 fully saturated rings. The van der Waals surface area contributed by atoms with Crippen molar-refractivity contribution in [3.8, 4) is 0 Å². The Labute approximate surface area is 127 Å². The summed E-state index contributed by atoms with van der Waals surface area (Å²) in [6.07, 6.45) is 3.03. The van der Waals surface area contributed by atoms with Crippen LogP contribution >= 0.6 is 0 Å². The molecule has 1 aromatic carbocycles. The highest BCUT2D eigenvalue weighted by Crippen LogP contribution is 2.26. The van der Waals surface area contributed by atoms with Crippen LogP contribution in [0.1, 0.15) is 27.2 Å². The van der Waals surface area contributed by atoms with Crippen molar-refractivity contribution in [1.29, 1.82) is 0 Å². The van der Waals surface area contributed by atoms with E-state index in [9.17, 15) is 0 Å². The number of aromatic nitrogens is 1. The zero-order chi connectivity index (χ0) is 14.8. The van der Waals surface area contributed by atoms with Gasteiger partial charge in [-0.15, -0.1) is 0 Å². The zero-order valence-electron chi connectivity index (χ0n) is 13.2. The van der Waals surface area contributed by atoms with Gasteiger partial charge in [0.2, 0.25) is 0 Å². The minimum absolute atomic E-state index is 0.567. The number of hydrogen-bond acceptors (Lipinski definition) is 3. The van der Waals surface area contributed by atoms with Crippen LogP contribution in [0.25, 0.3) is 10.9 Å². The van der Waals surface area contributed by atoms with Crippen LogP contribution in [0, 0.1) is 5.92 Å². The lowest BCUT2D eigenvalue weighted by atomic mass is 9.97. The van der Waals surface area contributed by atoms with Gasteiger partial charge in [0.1, 0.15) is 0 Å². The van der Waals surface area contributed by atoms with Gasteiger partial charge in [0, 0.05) is 42.4 Å². The molecule has 3 rings (SSSR count). The van der Waals surface area contributed by atoms with Gasteiger partial charge >= 0.3 is 0 Å². The van der Waals surface area contributed by atoms with Crippen LogP contribution in [0.2, 0.25) is 0 Å². The van der Waals surface area contributed by atoms with Gasteiger partial charge in [-0.05, 0) is 36.6 Å². The van der Waals surface area contributed by atoms with Crippen molar-refractivity contribution in [1.82, 2.24) is 10.3 Å². The number of fused-ring (bicyclic) bond motifs is 1. The molecular weight excluding hydrogens is 258 g/mol. The van der Waals surface area contributed by atoms with Gasteiger partial charge in [0.15, 0.2) is 0 Å². The molecule has 0 bridgehead atoms. The molecule has 0 amide bonds. The van der Waals surface area contributed by atoms with Gasteiger partial charge in [-0.1, -0.05) is 26.8 Å². The Morgan fingerprint density at radius 2 is 2.19 bits per heavy atom. The second-order valence-corrected chi connectivity index (χ2v) is 6.35. The van der Waals surface area contributed by atoms with Crippen LogP contribution < -0.4 is 10.2 Å². The summed E-state index contributed by atoms with van der Waals surface area (Å²) in [5.74, 6) is 0.660. The maximum atomic E-state index is 4.42. The summed E-state index contributed by atoms with van der Waals surface area (Å²) in [6, 6.07) is 12.0. The zero-order valence-corrected chi connectivity index (χ0v) is 13.2. The average molecular weight is 283 g/mol. The molecule has 21 heavy (non-hydrogen) atoms. The van der Waals surface area contributed by atoms with Gasteiger partial charge < -0.3 is 10.2 Å². The maximum absolute atomic E-state index is 4.42. The summed E-state index contributed by atoms with van der Waals surface area (Å²) in [5.41, 5.74) is 2.40. The van der Waals surface area contributed by atoms with E-state index >= 15 is 0 Å². The number of benzene rings is 1. The molecule has 112 valence electrons. The third kappa shape index (κ3) is 2.88. The topological polar surface area (TPSA) is 28.2 Å². The summed E-state index contributed by atoms with van der Waals surface area (Å²) in [7, 11) is 0. The Morgan fingerprint density at radius 3 is 2.95 bits per heavy atom. The molecule has 0 radical (unpaired) electrons.